The molecule has 0 aromatic heterocycles. The monoisotopic (exact) mass is 210 g/mol. The average molecular weight is 210 g/mol. The molecule has 2 fully saturated rings. The van der Waals surface area contributed by atoms with Crippen LogP contribution in [0.1, 0.15) is 46.5 Å². The lowest BCUT2D eigenvalue weighted by Gasteiger charge is -2.38. The second-order valence-electron chi connectivity index (χ2n) is 5.59. The molecule has 0 amide bonds. The van der Waals surface area contributed by atoms with E-state index in [1.807, 2.05) is 6.92 Å². The molecule has 2 nitrogen and oxygen atoms in total. The maximum absolute atomic E-state index is 11.9. The second kappa shape index (κ2) is 3.89. The zero-order valence-corrected chi connectivity index (χ0v) is 10.1. The third-order valence-electron chi connectivity index (χ3n) is 4.46. The summed E-state index contributed by atoms with van der Waals surface area (Å²) in [5, 5.41) is 0. The molecule has 1 saturated heterocycles. The Bertz CT molecular complexity index is 261. The van der Waals surface area contributed by atoms with Gasteiger partial charge in [0, 0.05) is 18.4 Å². The summed E-state index contributed by atoms with van der Waals surface area (Å²) in [5.41, 5.74) is -0.0972. The summed E-state index contributed by atoms with van der Waals surface area (Å²) in [5.74, 6) is 1.82. The summed E-state index contributed by atoms with van der Waals surface area (Å²) in [6.45, 7) is 7.26. The molecule has 86 valence electrons. The highest BCUT2D eigenvalue weighted by Gasteiger charge is 2.46. The largest absolute Gasteiger partial charge is 0.378 e. The Labute approximate surface area is 92.4 Å². The molecule has 0 spiro atoms. The first-order valence-electron chi connectivity index (χ1n) is 6.22. The van der Waals surface area contributed by atoms with E-state index in [4.69, 9.17) is 4.74 Å². The fourth-order valence-corrected chi connectivity index (χ4v) is 3.28. The van der Waals surface area contributed by atoms with E-state index >= 15 is 0 Å². The number of carbonyl (C=O) groups is 1. The zero-order chi connectivity index (χ0) is 11.1. The molecule has 4 atom stereocenters. The van der Waals surface area contributed by atoms with Gasteiger partial charge in [-0.25, -0.2) is 0 Å². The summed E-state index contributed by atoms with van der Waals surface area (Å²) < 4.78 is 5.81. The van der Waals surface area contributed by atoms with Crippen molar-refractivity contribution in [3.05, 3.63) is 0 Å². The van der Waals surface area contributed by atoms with Crippen molar-refractivity contribution in [1.29, 1.82) is 0 Å². The highest BCUT2D eigenvalue weighted by atomic mass is 16.5. The van der Waals surface area contributed by atoms with Crippen LogP contribution in [0.2, 0.25) is 0 Å². The van der Waals surface area contributed by atoms with Crippen molar-refractivity contribution in [2.24, 2.45) is 17.3 Å². The van der Waals surface area contributed by atoms with Crippen molar-refractivity contribution in [2.75, 3.05) is 6.61 Å². The van der Waals surface area contributed by atoms with Gasteiger partial charge in [0.15, 0.2) is 0 Å². The fourth-order valence-electron chi connectivity index (χ4n) is 3.28. The van der Waals surface area contributed by atoms with E-state index in [0.29, 0.717) is 30.1 Å². The Balaban J connectivity index is 2.07. The smallest absolute Gasteiger partial charge is 0.138 e. The molecule has 1 heterocycles. The van der Waals surface area contributed by atoms with Gasteiger partial charge in [-0.3, -0.25) is 4.79 Å². The Hall–Kier alpha value is -0.370. The van der Waals surface area contributed by atoms with Gasteiger partial charge in [-0.1, -0.05) is 20.8 Å². The summed E-state index contributed by atoms with van der Waals surface area (Å²) >= 11 is 0. The standard InChI is InChI=1S/C13H22O2/c1-4-12(14)13(3)6-5-10-9(2)8-15-11(10)7-13/h9-11H,4-8H2,1-3H3. The molecule has 2 heteroatoms. The van der Waals surface area contributed by atoms with Gasteiger partial charge in [-0.2, -0.15) is 0 Å². The van der Waals surface area contributed by atoms with Crippen molar-refractivity contribution in [2.45, 2.75) is 52.6 Å². The first-order chi connectivity index (χ1) is 7.07. The molecule has 0 bridgehead atoms. The molecule has 4 unspecified atom stereocenters. The first kappa shape index (κ1) is 11.1. The summed E-state index contributed by atoms with van der Waals surface area (Å²) in [7, 11) is 0. The maximum atomic E-state index is 11.9. The van der Waals surface area contributed by atoms with Crippen LogP contribution in [0, 0.1) is 17.3 Å². The molecule has 0 N–H and O–H groups in total. The molecule has 1 saturated carbocycles. The number of ether oxygens (including phenoxy) is 1. The van der Waals surface area contributed by atoms with Gasteiger partial charge in [-0.15, -0.1) is 0 Å². The molecule has 15 heavy (non-hydrogen) atoms. The van der Waals surface area contributed by atoms with Crippen LogP contribution in [0.15, 0.2) is 0 Å². The van der Waals surface area contributed by atoms with Gasteiger partial charge in [-0.05, 0) is 31.1 Å². The minimum atomic E-state index is -0.0972. The average Bonchev–Trinajstić information content (AvgIpc) is 2.58. The van der Waals surface area contributed by atoms with Gasteiger partial charge in [0.1, 0.15) is 5.78 Å². The van der Waals surface area contributed by atoms with Crippen LogP contribution in [0.5, 0.6) is 0 Å². The van der Waals surface area contributed by atoms with E-state index in [9.17, 15) is 4.79 Å². The number of ketones is 1. The van der Waals surface area contributed by atoms with Crippen molar-refractivity contribution in [3.63, 3.8) is 0 Å². The van der Waals surface area contributed by atoms with Crippen molar-refractivity contribution in [1.82, 2.24) is 0 Å². The lowest BCUT2D eigenvalue weighted by molar-refractivity contribution is -0.132. The molecule has 0 radical (unpaired) electrons. The zero-order valence-electron chi connectivity index (χ0n) is 10.1. The second-order valence-corrected chi connectivity index (χ2v) is 5.59. The van der Waals surface area contributed by atoms with Crippen molar-refractivity contribution < 1.29 is 9.53 Å². The predicted octanol–water partition coefficient (Wildman–Crippen LogP) is 2.81. The van der Waals surface area contributed by atoms with Gasteiger partial charge >= 0.3 is 0 Å². The highest BCUT2D eigenvalue weighted by molar-refractivity contribution is 5.84. The van der Waals surface area contributed by atoms with Crippen LogP contribution in [0.25, 0.3) is 0 Å². The van der Waals surface area contributed by atoms with E-state index in [1.54, 1.807) is 0 Å². The molecule has 0 aromatic rings. The Morgan fingerprint density at radius 2 is 2.27 bits per heavy atom. The predicted molar refractivity (Wildman–Crippen MR) is 59.7 cm³/mol. The molecule has 1 aliphatic heterocycles. The molecular formula is C13H22O2. The molecule has 0 aromatic carbocycles. The summed E-state index contributed by atoms with van der Waals surface area (Å²) in [6.07, 6.45) is 4.22. The highest BCUT2D eigenvalue weighted by Crippen LogP contribution is 2.46. The minimum Gasteiger partial charge on any atom is -0.378 e. The Morgan fingerprint density at radius 3 is 2.93 bits per heavy atom. The third-order valence-corrected chi connectivity index (χ3v) is 4.46. The Morgan fingerprint density at radius 1 is 1.53 bits per heavy atom. The molecular weight excluding hydrogens is 188 g/mol. The topological polar surface area (TPSA) is 26.3 Å². The molecule has 1 aliphatic carbocycles. The normalized spacial score (nSPS) is 45.1. The quantitative estimate of drug-likeness (QED) is 0.700. The number of carbonyl (C=O) groups excluding carboxylic acids is 1. The van der Waals surface area contributed by atoms with Crippen molar-refractivity contribution >= 4 is 5.78 Å². The first-order valence-corrected chi connectivity index (χ1v) is 6.22. The van der Waals surface area contributed by atoms with Crippen LogP contribution in [0.4, 0.5) is 0 Å². The lowest BCUT2D eigenvalue weighted by Crippen LogP contribution is -2.39. The number of Topliss-reactive ketones (excluding diaryl/α,β-unsaturated/α-hetero) is 1. The lowest BCUT2D eigenvalue weighted by atomic mass is 9.66. The van der Waals surface area contributed by atoms with Crippen LogP contribution < -0.4 is 0 Å². The van der Waals surface area contributed by atoms with Gasteiger partial charge in [0.05, 0.1) is 6.10 Å². The Kier molecular flexibility index (Phi) is 2.89. The van der Waals surface area contributed by atoms with Crippen molar-refractivity contribution in [3.8, 4) is 0 Å². The van der Waals surface area contributed by atoms with E-state index in [2.05, 4.69) is 13.8 Å². The van der Waals surface area contributed by atoms with Crippen LogP contribution in [-0.4, -0.2) is 18.5 Å². The van der Waals surface area contributed by atoms with Gasteiger partial charge < -0.3 is 4.74 Å². The van der Waals surface area contributed by atoms with Gasteiger partial charge in [0.2, 0.25) is 0 Å². The van der Waals surface area contributed by atoms with Crippen LogP contribution in [0.3, 0.4) is 0 Å². The fraction of sp³-hybridized carbons (Fsp3) is 0.923. The number of rotatable bonds is 2. The number of hydrogen-bond donors (Lipinski definition) is 0. The molecule has 2 aliphatic rings. The maximum Gasteiger partial charge on any atom is 0.138 e. The summed E-state index contributed by atoms with van der Waals surface area (Å²) in [6, 6.07) is 0. The molecule has 2 rings (SSSR count). The number of fused-ring (bicyclic) bond motifs is 1. The van der Waals surface area contributed by atoms with Gasteiger partial charge in [0.25, 0.3) is 0 Å². The van der Waals surface area contributed by atoms with E-state index < -0.39 is 0 Å². The summed E-state index contributed by atoms with van der Waals surface area (Å²) in [4.78, 5) is 11.9. The third kappa shape index (κ3) is 1.84. The van der Waals surface area contributed by atoms with E-state index in [0.717, 1.165) is 19.4 Å². The van der Waals surface area contributed by atoms with Crippen LogP contribution in [-0.2, 0) is 9.53 Å². The van der Waals surface area contributed by atoms with Crippen LogP contribution >= 0.6 is 0 Å². The number of hydrogen-bond acceptors (Lipinski definition) is 2. The van der Waals surface area contributed by atoms with E-state index in [-0.39, 0.29) is 5.41 Å². The van der Waals surface area contributed by atoms with E-state index in [1.165, 1.54) is 6.42 Å². The SMILES string of the molecule is CCC(=O)C1(C)CCC2C(C)COC2C1. The minimum absolute atomic E-state index is 0.0972.